The van der Waals surface area contributed by atoms with Gasteiger partial charge in [0.25, 0.3) is 0 Å². The number of aliphatic carboxylic acids is 1. The Kier molecular flexibility index (Phi) is 7.16. The van der Waals surface area contributed by atoms with Crippen molar-refractivity contribution >= 4 is 11.9 Å². The van der Waals surface area contributed by atoms with Gasteiger partial charge in [0.15, 0.2) is 0 Å². The van der Waals surface area contributed by atoms with Crippen molar-refractivity contribution in [2.45, 2.75) is 50.3 Å². The second-order valence-electron chi connectivity index (χ2n) is 5.45. The van der Waals surface area contributed by atoms with Crippen LogP contribution in [-0.4, -0.2) is 47.1 Å². The summed E-state index contributed by atoms with van der Waals surface area (Å²) in [5.74, 6) is -24.2. The van der Waals surface area contributed by atoms with E-state index < -0.39 is 54.3 Å². The summed E-state index contributed by atoms with van der Waals surface area (Å²) < 4.78 is 120. The molecule has 4 nitrogen and oxygen atoms in total. The number of hydrogen-bond acceptors (Lipinski definition) is 3. The van der Waals surface area contributed by atoms with Crippen LogP contribution in [0.3, 0.4) is 0 Å². The van der Waals surface area contributed by atoms with Crippen molar-refractivity contribution in [2.24, 2.45) is 5.92 Å². The number of carboxylic acid groups (broad SMARTS) is 1. The monoisotopic (exact) mass is 404 g/mol. The minimum atomic E-state index is -7.04. The summed E-state index contributed by atoms with van der Waals surface area (Å²) >= 11 is 0. The van der Waals surface area contributed by atoms with Crippen LogP contribution in [0.2, 0.25) is 0 Å². The lowest BCUT2D eigenvalue weighted by Gasteiger charge is -2.35. The number of carbonyl (C=O) groups excluding carboxylic acids is 1. The molecule has 0 heterocycles. The highest BCUT2D eigenvalue weighted by Gasteiger charge is 2.81. The molecular weight excluding hydrogens is 391 g/mol. The van der Waals surface area contributed by atoms with Crippen molar-refractivity contribution in [2.75, 3.05) is 0 Å². The van der Waals surface area contributed by atoms with Crippen LogP contribution in [0.25, 0.3) is 0 Å². The molecule has 13 heteroatoms. The van der Waals surface area contributed by atoms with E-state index in [4.69, 9.17) is 5.11 Å². The first-order valence-electron chi connectivity index (χ1n) is 6.68. The van der Waals surface area contributed by atoms with Gasteiger partial charge in [0, 0.05) is 12.2 Å². The van der Waals surface area contributed by atoms with E-state index in [1.165, 1.54) is 0 Å². The standard InChI is InChI=1S/C13H13F9O4/c1-6(2)7(26-9(25)4-3-8(23)24)5-10(14,15)11(16,17)12(18,19)13(20,21)22/h3-4,6-7H,5H2,1-2H3,(H,23,24). The molecule has 0 aliphatic heterocycles. The highest BCUT2D eigenvalue weighted by molar-refractivity contribution is 5.90. The van der Waals surface area contributed by atoms with E-state index in [0.717, 1.165) is 13.8 Å². The Labute approximate surface area is 140 Å². The molecule has 0 amide bonds. The molecule has 0 aliphatic rings. The Hall–Kier alpha value is -1.95. The molecule has 0 aromatic heterocycles. The van der Waals surface area contributed by atoms with Crippen molar-refractivity contribution in [1.82, 2.24) is 0 Å². The van der Waals surface area contributed by atoms with Gasteiger partial charge in [0.05, 0.1) is 6.42 Å². The Balaban J connectivity index is 5.56. The van der Waals surface area contributed by atoms with Gasteiger partial charge in [-0.15, -0.1) is 0 Å². The van der Waals surface area contributed by atoms with Gasteiger partial charge in [-0.1, -0.05) is 13.8 Å². The number of rotatable bonds is 8. The van der Waals surface area contributed by atoms with Crippen LogP contribution in [0, 0.1) is 5.92 Å². The number of esters is 1. The molecule has 0 radical (unpaired) electrons. The highest BCUT2D eigenvalue weighted by Crippen LogP contribution is 2.54. The van der Waals surface area contributed by atoms with Crippen LogP contribution in [0.5, 0.6) is 0 Å². The number of ether oxygens (including phenoxy) is 1. The van der Waals surface area contributed by atoms with Gasteiger partial charge >= 0.3 is 35.9 Å². The summed E-state index contributed by atoms with van der Waals surface area (Å²) in [5.41, 5.74) is 0. The van der Waals surface area contributed by atoms with Gasteiger partial charge in [0.1, 0.15) is 6.10 Å². The highest BCUT2D eigenvalue weighted by atomic mass is 19.4. The molecule has 0 fully saturated rings. The van der Waals surface area contributed by atoms with Crippen molar-refractivity contribution in [3.63, 3.8) is 0 Å². The quantitative estimate of drug-likeness (QED) is 0.377. The van der Waals surface area contributed by atoms with E-state index in [-0.39, 0.29) is 12.2 Å². The summed E-state index contributed by atoms with van der Waals surface area (Å²) in [6.07, 6.45) is -11.1. The Morgan fingerprint density at radius 1 is 0.923 bits per heavy atom. The van der Waals surface area contributed by atoms with E-state index in [2.05, 4.69) is 4.74 Å². The third-order valence-electron chi connectivity index (χ3n) is 3.04. The van der Waals surface area contributed by atoms with Crippen LogP contribution < -0.4 is 0 Å². The lowest BCUT2D eigenvalue weighted by Crippen LogP contribution is -2.61. The molecule has 0 saturated heterocycles. The smallest absolute Gasteiger partial charge is 0.460 e. The molecule has 1 atom stereocenters. The topological polar surface area (TPSA) is 63.6 Å². The van der Waals surface area contributed by atoms with Gasteiger partial charge in [-0.2, -0.15) is 39.5 Å². The summed E-state index contributed by atoms with van der Waals surface area (Å²) in [4.78, 5) is 21.4. The van der Waals surface area contributed by atoms with E-state index >= 15 is 0 Å². The predicted octanol–water partition coefficient (Wildman–Crippen LogP) is 4.05. The SMILES string of the molecule is CC(C)C(CC(F)(F)C(F)(F)C(F)(F)C(F)(F)F)OC(=O)C=CC(=O)O. The Morgan fingerprint density at radius 2 is 1.38 bits per heavy atom. The largest absolute Gasteiger partial charge is 0.478 e. The first-order chi connectivity index (χ1) is 11.4. The van der Waals surface area contributed by atoms with Crippen LogP contribution in [0.4, 0.5) is 39.5 Å². The maximum Gasteiger partial charge on any atom is 0.460 e. The summed E-state index contributed by atoms with van der Waals surface area (Å²) in [5, 5.41) is 8.26. The molecule has 0 saturated carbocycles. The molecule has 1 N–H and O–H groups in total. The van der Waals surface area contributed by atoms with Gasteiger partial charge in [-0.05, 0) is 5.92 Å². The zero-order chi connectivity index (χ0) is 21.1. The molecule has 1 unspecified atom stereocenters. The number of alkyl halides is 9. The van der Waals surface area contributed by atoms with E-state index in [1.54, 1.807) is 0 Å². The summed E-state index contributed by atoms with van der Waals surface area (Å²) in [6, 6.07) is 0. The first kappa shape index (κ1) is 24.1. The molecule has 0 spiro atoms. The van der Waals surface area contributed by atoms with Gasteiger partial charge in [-0.3, -0.25) is 0 Å². The van der Waals surface area contributed by atoms with Crippen molar-refractivity contribution in [1.29, 1.82) is 0 Å². The van der Waals surface area contributed by atoms with Crippen LogP contribution >= 0.6 is 0 Å². The molecule has 152 valence electrons. The molecule has 0 aromatic carbocycles. The second kappa shape index (κ2) is 7.74. The van der Waals surface area contributed by atoms with Crippen LogP contribution in [0.1, 0.15) is 20.3 Å². The minimum absolute atomic E-state index is 0.213. The average molecular weight is 404 g/mol. The summed E-state index contributed by atoms with van der Waals surface area (Å²) in [7, 11) is 0. The maximum atomic E-state index is 13.6. The van der Waals surface area contributed by atoms with E-state index in [1.807, 2.05) is 0 Å². The second-order valence-corrected chi connectivity index (χ2v) is 5.45. The third-order valence-corrected chi connectivity index (χ3v) is 3.04. The Bertz CT molecular complexity index is 552. The predicted molar refractivity (Wildman–Crippen MR) is 67.0 cm³/mol. The number of halogens is 9. The van der Waals surface area contributed by atoms with Crippen molar-refractivity contribution < 1.29 is 58.9 Å². The van der Waals surface area contributed by atoms with Gasteiger partial charge < -0.3 is 9.84 Å². The van der Waals surface area contributed by atoms with Gasteiger partial charge in [-0.25, -0.2) is 9.59 Å². The van der Waals surface area contributed by atoms with E-state index in [0.29, 0.717) is 0 Å². The lowest BCUT2D eigenvalue weighted by atomic mass is 9.93. The maximum absolute atomic E-state index is 13.6. The first-order valence-corrected chi connectivity index (χ1v) is 6.68. The number of hydrogen-bond donors (Lipinski definition) is 1. The number of carboxylic acids is 1. The molecule has 0 bridgehead atoms. The molecule has 0 rings (SSSR count). The molecular formula is C13H13F9O4. The fourth-order valence-corrected chi connectivity index (χ4v) is 1.53. The lowest BCUT2D eigenvalue weighted by molar-refractivity contribution is -0.398. The van der Waals surface area contributed by atoms with Crippen molar-refractivity contribution in [3.05, 3.63) is 12.2 Å². The number of carbonyl (C=O) groups is 2. The summed E-state index contributed by atoms with van der Waals surface area (Å²) in [6.45, 7) is 2.07. The van der Waals surface area contributed by atoms with Crippen LogP contribution in [-0.2, 0) is 14.3 Å². The normalized spacial score (nSPS) is 15.4. The molecule has 0 aliphatic carbocycles. The third kappa shape index (κ3) is 5.27. The Morgan fingerprint density at radius 3 is 1.73 bits per heavy atom. The zero-order valence-corrected chi connectivity index (χ0v) is 13.1. The fourth-order valence-electron chi connectivity index (χ4n) is 1.53. The average Bonchev–Trinajstić information content (AvgIpc) is 2.42. The van der Waals surface area contributed by atoms with Gasteiger partial charge in [0.2, 0.25) is 0 Å². The van der Waals surface area contributed by atoms with Crippen LogP contribution in [0.15, 0.2) is 12.2 Å². The van der Waals surface area contributed by atoms with Crippen molar-refractivity contribution in [3.8, 4) is 0 Å². The fraction of sp³-hybridized carbons (Fsp3) is 0.692. The molecule has 0 aromatic rings. The van der Waals surface area contributed by atoms with E-state index in [9.17, 15) is 49.1 Å². The molecule has 26 heavy (non-hydrogen) atoms. The zero-order valence-electron chi connectivity index (χ0n) is 13.1. The minimum Gasteiger partial charge on any atom is -0.478 e.